The van der Waals surface area contributed by atoms with Crippen molar-refractivity contribution in [2.24, 2.45) is 0 Å². The van der Waals surface area contributed by atoms with Crippen LogP contribution in [0.5, 0.6) is 0 Å². The molecule has 1 fully saturated rings. The van der Waals surface area contributed by atoms with Gasteiger partial charge in [0.05, 0.1) is 0 Å². The Bertz CT molecular complexity index is 698. The molecular weight excluding hydrogens is 304 g/mol. The Morgan fingerprint density at radius 3 is 3.08 bits per heavy atom. The molecule has 3 heterocycles. The summed E-state index contributed by atoms with van der Waals surface area (Å²) in [4.78, 5) is 23.2. The average molecular weight is 328 g/mol. The minimum atomic E-state index is 0.0567. The minimum Gasteiger partial charge on any atom is -0.375 e. The highest BCUT2D eigenvalue weighted by Gasteiger charge is 2.25. The molecule has 0 bridgehead atoms. The number of aromatic nitrogens is 3. The molecule has 1 aliphatic rings. The third-order valence-electron chi connectivity index (χ3n) is 4.50. The van der Waals surface area contributed by atoms with Crippen LogP contribution in [0.3, 0.4) is 0 Å². The van der Waals surface area contributed by atoms with Gasteiger partial charge in [-0.15, -0.1) is 0 Å². The van der Waals surface area contributed by atoms with Crippen LogP contribution in [-0.4, -0.2) is 52.1 Å². The second-order valence-electron chi connectivity index (χ2n) is 6.10. The first-order valence-corrected chi connectivity index (χ1v) is 8.49. The zero-order valence-corrected chi connectivity index (χ0v) is 14.3. The van der Waals surface area contributed by atoms with Crippen molar-refractivity contribution in [3.05, 3.63) is 42.1 Å². The molecule has 128 valence electrons. The molecule has 2 aromatic rings. The third-order valence-corrected chi connectivity index (χ3v) is 4.50. The Kier molecular flexibility index (Phi) is 5.25. The maximum atomic E-state index is 12.1. The number of likely N-dealkylation sites (tertiary alicyclic amines) is 1. The highest BCUT2D eigenvalue weighted by Crippen LogP contribution is 2.26. The lowest BCUT2D eigenvalue weighted by Gasteiger charge is -2.32. The minimum absolute atomic E-state index is 0.0567. The van der Waals surface area contributed by atoms with Crippen molar-refractivity contribution < 1.29 is 9.53 Å². The molecule has 1 aliphatic heterocycles. The number of rotatable bonds is 5. The number of piperidine rings is 1. The van der Waals surface area contributed by atoms with E-state index in [0.717, 1.165) is 43.1 Å². The smallest absolute Gasteiger partial charge is 0.248 e. The lowest BCUT2D eigenvalue weighted by molar-refractivity contribution is -0.136. The second-order valence-corrected chi connectivity index (χ2v) is 6.10. The first-order valence-electron chi connectivity index (χ1n) is 8.49. The summed E-state index contributed by atoms with van der Waals surface area (Å²) in [5, 5.41) is 0. The first kappa shape index (κ1) is 16.6. The normalized spacial score (nSPS) is 17.9. The summed E-state index contributed by atoms with van der Waals surface area (Å²) >= 11 is 0. The maximum Gasteiger partial charge on any atom is 0.248 e. The average Bonchev–Trinajstić information content (AvgIpc) is 3.11. The van der Waals surface area contributed by atoms with E-state index in [1.54, 1.807) is 13.3 Å². The van der Waals surface area contributed by atoms with E-state index in [0.29, 0.717) is 6.54 Å². The molecule has 0 unspecified atom stereocenters. The van der Waals surface area contributed by atoms with Crippen molar-refractivity contribution in [1.82, 2.24) is 19.4 Å². The molecule has 24 heavy (non-hydrogen) atoms. The molecule has 0 saturated carbocycles. The zero-order chi connectivity index (χ0) is 16.9. The summed E-state index contributed by atoms with van der Waals surface area (Å²) in [7, 11) is 1.56. The van der Waals surface area contributed by atoms with Gasteiger partial charge in [-0.2, -0.15) is 0 Å². The fraction of sp³-hybridized carbons (Fsp3) is 0.500. The number of imidazole rings is 1. The van der Waals surface area contributed by atoms with Crippen molar-refractivity contribution >= 4 is 5.91 Å². The molecule has 0 N–H and O–H groups in total. The van der Waals surface area contributed by atoms with E-state index in [1.165, 1.54) is 0 Å². The van der Waals surface area contributed by atoms with Crippen LogP contribution in [0.2, 0.25) is 0 Å². The molecule has 0 aliphatic carbocycles. The van der Waals surface area contributed by atoms with Gasteiger partial charge in [-0.05, 0) is 25.0 Å². The van der Waals surface area contributed by atoms with E-state index in [4.69, 9.17) is 9.72 Å². The van der Waals surface area contributed by atoms with Crippen molar-refractivity contribution in [2.45, 2.75) is 32.1 Å². The monoisotopic (exact) mass is 328 g/mol. The van der Waals surface area contributed by atoms with Crippen LogP contribution in [0, 0.1) is 0 Å². The molecule has 0 spiro atoms. The van der Waals surface area contributed by atoms with Crippen LogP contribution in [-0.2, 0) is 16.0 Å². The quantitative estimate of drug-likeness (QED) is 0.844. The molecular formula is C18H24N4O2. The van der Waals surface area contributed by atoms with Crippen molar-refractivity contribution in [2.75, 3.05) is 26.8 Å². The van der Waals surface area contributed by atoms with Gasteiger partial charge in [0.2, 0.25) is 5.91 Å². The summed E-state index contributed by atoms with van der Waals surface area (Å²) in [5.41, 5.74) is 1.04. The highest BCUT2D eigenvalue weighted by atomic mass is 16.5. The van der Waals surface area contributed by atoms with Gasteiger partial charge >= 0.3 is 0 Å². The number of pyridine rings is 1. The molecule has 0 aromatic carbocycles. The Labute approximate surface area is 142 Å². The van der Waals surface area contributed by atoms with Gasteiger partial charge in [-0.1, -0.05) is 13.0 Å². The fourth-order valence-electron chi connectivity index (χ4n) is 3.27. The molecule has 6 heteroatoms. The van der Waals surface area contributed by atoms with E-state index in [9.17, 15) is 4.79 Å². The van der Waals surface area contributed by atoms with Gasteiger partial charge < -0.3 is 9.64 Å². The van der Waals surface area contributed by atoms with Gasteiger partial charge in [0.25, 0.3) is 0 Å². The lowest BCUT2D eigenvalue weighted by atomic mass is 9.94. The number of methoxy groups -OCH3 is 1. The van der Waals surface area contributed by atoms with Crippen LogP contribution in [0.15, 0.2) is 30.6 Å². The van der Waals surface area contributed by atoms with Crippen molar-refractivity contribution in [3.63, 3.8) is 0 Å². The second kappa shape index (κ2) is 7.57. The molecule has 1 amide bonds. The van der Waals surface area contributed by atoms with Gasteiger partial charge in [-0.3, -0.25) is 9.36 Å². The Morgan fingerprint density at radius 1 is 1.42 bits per heavy atom. The van der Waals surface area contributed by atoms with Crippen LogP contribution in [0.25, 0.3) is 5.82 Å². The summed E-state index contributed by atoms with van der Waals surface area (Å²) in [6.45, 7) is 3.75. The van der Waals surface area contributed by atoms with E-state index in [2.05, 4.69) is 18.0 Å². The number of carbonyl (C=O) groups is 1. The SMILES string of the molecule is CCc1nccn1-c1cccc([C@H]2CCCN(C(=O)COC)C2)n1. The van der Waals surface area contributed by atoms with E-state index >= 15 is 0 Å². The Balaban J connectivity index is 1.80. The molecule has 0 radical (unpaired) electrons. The van der Waals surface area contributed by atoms with Gasteiger partial charge in [0.15, 0.2) is 0 Å². The number of hydrogen-bond donors (Lipinski definition) is 0. The molecule has 3 rings (SSSR count). The van der Waals surface area contributed by atoms with Crippen LogP contribution < -0.4 is 0 Å². The predicted octanol–water partition coefficient (Wildman–Crippen LogP) is 2.18. The molecule has 1 atom stereocenters. The standard InChI is InChI=1S/C18H24N4O2/c1-3-16-19-9-11-22(16)17-8-4-7-15(20-17)14-6-5-10-21(12-14)18(23)13-24-2/h4,7-9,11,14H,3,5-6,10,12-13H2,1-2H3/t14-/m0/s1. The molecule has 6 nitrogen and oxygen atoms in total. The Hall–Kier alpha value is -2.21. The van der Waals surface area contributed by atoms with E-state index in [-0.39, 0.29) is 18.4 Å². The van der Waals surface area contributed by atoms with Crippen LogP contribution in [0.1, 0.15) is 37.2 Å². The fourth-order valence-corrected chi connectivity index (χ4v) is 3.27. The van der Waals surface area contributed by atoms with Crippen LogP contribution >= 0.6 is 0 Å². The maximum absolute atomic E-state index is 12.1. The summed E-state index contributed by atoms with van der Waals surface area (Å²) in [5.74, 6) is 2.22. The van der Waals surface area contributed by atoms with Gasteiger partial charge in [0.1, 0.15) is 18.2 Å². The number of aryl methyl sites for hydroxylation is 1. The van der Waals surface area contributed by atoms with Crippen LogP contribution in [0.4, 0.5) is 0 Å². The predicted molar refractivity (Wildman–Crippen MR) is 91.2 cm³/mol. The van der Waals surface area contributed by atoms with E-state index < -0.39 is 0 Å². The summed E-state index contributed by atoms with van der Waals surface area (Å²) < 4.78 is 7.00. The molecule has 1 saturated heterocycles. The topological polar surface area (TPSA) is 60.2 Å². The number of amides is 1. The van der Waals surface area contributed by atoms with Gasteiger partial charge in [-0.25, -0.2) is 9.97 Å². The third kappa shape index (κ3) is 3.48. The van der Waals surface area contributed by atoms with Crippen molar-refractivity contribution in [1.29, 1.82) is 0 Å². The van der Waals surface area contributed by atoms with Crippen molar-refractivity contribution in [3.8, 4) is 5.82 Å². The Morgan fingerprint density at radius 2 is 2.29 bits per heavy atom. The number of hydrogen-bond acceptors (Lipinski definition) is 4. The number of ether oxygens (including phenoxy) is 1. The number of carbonyl (C=O) groups excluding carboxylic acids is 1. The summed E-state index contributed by atoms with van der Waals surface area (Å²) in [6.07, 6.45) is 6.66. The largest absolute Gasteiger partial charge is 0.375 e. The first-order chi connectivity index (χ1) is 11.7. The van der Waals surface area contributed by atoms with Gasteiger partial charge in [0, 0.05) is 50.6 Å². The number of nitrogens with zero attached hydrogens (tertiary/aromatic N) is 4. The zero-order valence-electron chi connectivity index (χ0n) is 14.3. The highest BCUT2D eigenvalue weighted by molar-refractivity contribution is 5.77. The van der Waals surface area contributed by atoms with E-state index in [1.807, 2.05) is 27.8 Å². The molecule has 2 aromatic heterocycles. The lowest BCUT2D eigenvalue weighted by Crippen LogP contribution is -2.41. The summed E-state index contributed by atoms with van der Waals surface area (Å²) in [6, 6.07) is 6.09.